The molecule has 166 valence electrons. The molecule has 0 saturated carbocycles. The van der Waals surface area contributed by atoms with Crippen LogP contribution in [0.5, 0.6) is 5.75 Å². The molecular formula is C26H23N3O4. The number of likely N-dealkylation sites (tertiary alicyclic amines) is 1. The number of carbonyl (C=O) groups excluding carboxylic acids is 1. The van der Waals surface area contributed by atoms with Gasteiger partial charge < -0.3 is 19.0 Å². The van der Waals surface area contributed by atoms with E-state index in [9.17, 15) is 9.59 Å². The van der Waals surface area contributed by atoms with Gasteiger partial charge >= 0.3 is 5.69 Å². The van der Waals surface area contributed by atoms with Crippen LogP contribution in [0.4, 0.5) is 0 Å². The molecule has 0 atom stereocenters. The summed E-state index contributed by atoms with van der Waals surface area (Å²) in [6, 6.07) is 21.3. The molecule has 7 heteroatoms. The van der Waals surface area contributed by atoms with Crippen LogP contribution < -0.4 is 10.4 Å². The zero-order chi connectivity index (χ0) is 22.4. The first-order valence-electron chi connectivity index (χ1n) is 11.2. The van der Waals surface area contributed by atoms with E-state index < -0.39 is 0 Å². The molecule has 0 bridgehead atoms. The topological polar surface area (TPSA) is 80.5 Å². The van der Waals surface area contributed by atoms with Gasteiger partial charge in [0.15, 0.2) is 6.61 Å². The molecule has 1 fully saturated rings. The van der Waals surface area contributed by atoms with Crippen molar-refractivity contribution in [3.8, 4) is 5.75 Å². The van der Waals surface area contributed by atoms with Crippen LogP contribution in [0.1, 0.15) is 18.9 Å². The molecule has 0 unspecified atom stereocenters. The summed E-state index contributed by atoms with van der Waals surface area (Å²) in [4.78, 5) is 30.0. The molecule has 0 aliphatic carbocycles. The Bertz CT molecular complexity index is 1540. The maximum Gasteiger partial charge on any atom is 0.326 e. The first-order chi connectivity index (χ1) is 16.2. The van der Waals surface area contributed by atoms with Crippen LogP contribution >= 0.6 is 0 Å². The van der Waals surface area contributed by atoms with E-state index in [1.165, 1.54) is 0 Å². The number of imidazole rings is 1. The fourth-order valence-electron chi connectivity index (χ4n) is 4.84. The van der Waals surface area contributed by atoms with Gasteiger partial charge in [-0.05, 0) is 49.2 Å². The minimum absolute atomic E-state index is 0.0149. The number of hydrogen-bond acceptors (Lipinski definition) is 4. The summed E-state index contributed by atoms with van der Waals surface area (Å²) < 4.78 is 13.5. The zero-order valence-electron chi connectivity index (χ0n) is 18.0. The predicted molar refractivity (Wildman–Crippen MR) is 127 cm³/mol. The molecule has 3 aromatic carbocycles. The van der Waals surface area contributed by atoms with Crippen molar-refractivity contribution in [3.63, 3.8) is 0 Å². The molecular weight excluding hydrogens is 418 g/mol. The number of nitrogens with one attached hydrogen (secondary N) is 1. The van der Waals surface area contributed by atoms with Gasteiger partial charge in [0.1, 0.15) is 16.9 Å². The Hall–Kier alpha value is -4.00. The predicted octanol–water partition coefficient (Wildman–Crippen LogP) is 4.47. The number of aromatic amines is 1. The van der Waals surface area contributed by atoms with Gasteiger partial charge in [-0.1, -0.05) is 30.3 Å². The van der Waals surface area contributed by atoms with Crippen LogP contribution in [0.3, 0.4) is 0 Å². The molecule has 5 aromatic rings. The SMILES string of the molecule is O=C(COc1ccc2oc3ccccc3c2c1)N1CCC(n2c(=O)[nH]c3ccccc32)CC1. The Morgan fingerprint density at radius 3 is 2.61 bits per heavy atom. The first kappa shape index (κ1) is 19.7. The number of H-pyrrole nitrogens is 1. The van der Waals surface area contributed by atoms with Crippen molar-refractivity contribution in [3.05, 3.63) is 77.2 Å². The number of hydrogen-bond donors (Lipinski definition) is 1. The number of benzene rings is 3. The molecule has 33 heavy (non-hydrogen) atoms. The Kier molecular flexibility index (Phi) is 4.68. The number of para-hydroxylation sites is 3. The summed E-state index contributed by atoms with van der Waals surface area (Å²) in [5.74, 6) is 0.597. The Morgan fingerprint density at radius 1 is 0.970 bits per heavy atom. The summed E-state index contributed by atoms with van der Waals surface area (Å²) in [6.07, 6.45) is 1.47. The maximum atomic E-state index is 12.8. The van der Waals surface area contributed by atoms with Crippen LogP contribution in [-0.2, 0) is 4.79 Å². The average Bonchev–Trinajstić information content (AvgIpc) is 3.39. The Labute approximate surface area is 189 Å². The minimum atomic E-state index is -0.0912. The molecule has 1 aliphatic heterocycles. The van der Waals surface area contributed by atoms with Gasteiger partial charge in [-0.2, -0.15) is 0 Å². The van der Waals surface area contributed by atoms with Gasteiger partial charge in [-0.15, -0.1) is 0 Å². The second kappa shape index (κ2) is 7.85. The number of carbonyl (C=O) groups is 1. The fraction of sp³-hybridized carbons (Fsp3) is 0.231. The third kappa shape index (κ3) is 3.46. The first-order valence-corrected chi connectivity index (χ1v) is 11.2. The molecule has 0 radical (unpaired) electrons. The van der Waals surface area contributed by atoms with E-state index in [0.29, 0.717) is 18.8 Å². The smallest absolute Gasteiger partial charge is 0.326 e. The summed E-state index contributed by atoms with van der Waals surface area (Å²) >= 11 is 0. The van der Waals surface area contributed by atoms with E-state index in [1.54, 1.807) is 0 Å². The number of nitrogens with zero attached hydrogens (tertiary/aromatic N) is 2. The quantitative estimate of drug-likeness (QED) is 0.446. The van der Waals surface area contributed by atoms with Crippen molar-refractivity contribution < 1.29 is 13.9 Å². The number of furan rings is 1. The molecule has 3 heterocycles. The number of piperidine rings is 1. The van der Waals surface area contributed by atoms with E-state index in [2.05, 4.69) is 4.98 Å². The highest BCUT2D eigenvalue weighted by molar-refractivity contribution is 6.05. The molecule has 6 rings (SSSR count). The minimum Gasteiger partial charge on any atom is -0.484 e. The second-order valence-electron chi connectivity index (χ2n) is 8.47. The van der Waals surface area contributed by atoms with E-state index in [-0.39, 0.29) is 24.2 Å². The third-order valence-electron chi connectivity index (χ3n) is 6.52. The van der Waals surface area contributed by atoms with Crippen LogP contribution in [0.2, 0.25) is 0 Å². The van der Waals surface area contributed by atoms with Crippen LogP contribution in [-0.4, -0.2) is 40.1 Å². The normalized spacial score (nSPS) is 15.0. The number of ether oxygens (including phenoxy) is 1. The van der Waals surface area contributed by atoms with Crippen LogP contribution in [0.15, 0.2) is 75.9 Å². The molecule has 1 saturated heterocycles. The lowest BCUT2D eigenvalue weighted by molar-refractivity contribution is -0.134. The summed E-state index contributed by atoms with van der Waals surface area (Å²) in [5, 5.41) is 2.00. The summed E-state index contributed by atoms with van der Waals surface area (Å²) in [5.41, 5.74) is 3.29. The summed E-state index contributed by atoms with van der Waals surface area (Å²) in [6.45, 7) is 1.19. The highest BCUT2D eigenvalue weighted by Crippen LogP contribution is 2.31. The van der Waals surface area contributed by atoms with E-state index >= 15 is 0 Å². The van der Waals surface area contributed by atoms with Crippen molar-refractivity contribution >= 4 is 38.9 Å². The van der Waals surface area contributed by atoms with E-state index in [0.717, 1.165) is 45.8 Å². The van der Waals surface area contributed by atoms with Gasteiger partial charge in [0, 0.05) is 29.9 Å². The van der Waals surface area contributed by atoms with Gasteiger partial charge in [-0.3, -0.25) is 9.36 Å². The van der Waals surface area contributed by atoms with Gasteiger partial charge in [0.05, 0.1) is 11.0 Å². The third-order valence-corrected chi connectivity index (χ3v) is 6.52. The van der Waals surface area contributed by atoms with Crippen molar-refractivity contribution in [2.45, 2.75) is 18.9 Å². The lowest BCUT2D eigenvalue weighted by atomic mass is 10.0. The monoisotopic (exact) mass is 441 g/mol. The molecule has 1 amide bonds. The number of aromatic nitrogens is 2. The Balaban J connectivity index is 1.11. The largest absolute Gasteiger partial charge is 0.484 e. The van der Waals surface area contributed by atoms with Crippen molar-refractivity contribution in [1.29, 1.82) is 0 Å². The number of amides is 1. The van der Waals surface area contributed by atoms with Crippen molar-refractivity contribution in [2.75, 3.05) is 19.7 Å². The van der Waals surface area contributed by atoms with E-state index in [1.807, 2.05) is 76.2 Å². The number of fused-ring (bicyclic) bond motifs is 4. The van der Waals surface area contributed by atoms with Crippen LogP contribution in [0, 0.1) is 0 Å². The summed E-state index contributed by atoms with van der Waals surface area (Å²) in [7, 11) is 0. The van der Waals surface area contributed by atoms with E-state index in [4.69, 9.17) is 9.15 Å². The molecule has 1 aliphatic rings. The zero-order valence-corrected chi connectivity index (χ0v) is 18.0. The number of rotatable bonds is 4. The molecule has 0 spiro atoms. The van der Waals surface area contributed by atoms with Crippen LogP contribution in [0.25, 0.3) is 33.0 Å². The molecule has 1 N–H and O–H groups in total. The molecule has 7 nitrogen and oxygen atoms in total. The van der Waals surface area contributed by atoms with Gasteiger partial charge in [-0.25, -0.2) is 4.79 Å². The fourth-order valence-corrected chi connectivity index (χ4v) is 4.84. The van der Waals surface area contributed by atoms with Crippen molar-refractivity contribution in [1.82, 2.24) is 14.5 Å². The lowest BCUT2D eigenvalue weighted by Crippen LogP contribution is -2.42. The highest BCUT2D eigenvalue weighted by Gasteiger charge is 2.26. The lowest BCUT2D eigenvalue weighted by Gasteiger charge is -2.32. The van der Waals surface area contributed by atoms with Gasteiger partial charge in [0.25, 0.3) is 5.91 Å². The maximum absolute atomic E-state index is 12.8. The average molecular weight is 441 g/mol. The van der Waals surface area contributed by atoms with Gasteiger partial charge in [0.2, 0.25) is 0 Å². The highest BCUT2D eigenvalue weighted by atomic mass is 16.5. The van der Waals surface area contributed by atoms with Crippen molar-refractivity contribution in [2.24, 2.45) is 0 Å². The molecule has 2 aromatic heterocycles. The standard InChI is InChI=1S/C26H23N3O4/c30-25(16-32-18-9-10-24-20(15-18)19-5-1-4-8-23(19)33-24)28-13-11-17(12-14-28)29-22-7-3-2-6-21(22)27-26(29)31/h1-10,15,17H,11-14,16H2,(H,27,31). The Morgan fingerprint density at radius 2 is 1.73 bits per heavy atom. The second-order valence-corrected chi connectivity index (χ2v) is 8.47.